The van der Waals surface area contributed by atoms with Crippen LogP contribution in [-0.4, -0.2) is 47.4 Å². The lowest BCUT2D eigenvalue weighted by Gasteiger charge is -2.34. The number of nitrogens with one attached hydrogen (secondary N) is 1. The van der Waals surface area contributed by atoms with Crippen LogP contribution in [0.2, 0.25) is 0 Å². The molecule has 0 unspecified atom stereocenters. The van der Waals surface area contributed by atoms with Crippen molar-refractivity contribution < 1.29 is 9.59 Å². The van der Waals surface area contributed by atoms with E-state index in [-0.39, 0.29) is 11.9 Å². The van der Waals surface area contributed by atoms with Crippen LogP contribution in [0, 0.1) is 18.8 Å². The first-order chi connectivity index (χ1) is 14.5. The summed E-state index contributed by atoms with van der Waals surface area (Å²) in [6.45, 7) is 6.81. The van der Waals surface area contributed by atoms with Crippen molar-refractivity contribution in [1.29, 1.82) is 0 Å². The van der Waals surface area contributed by atoms with Gasteiger partial charge in [-0.3, -0.25) is 4.79 Å². The number of piperidine rings is 1. The molecule has 4 rings (SSSR count). The van der Waals surface area contributed by atoms with Gasteiger partial charge in [0.05, 0.1) is 0 Å². The molecule has 3 amide bonds. The fraction of sp³-hybridized carbons (Fsp3) is 0.680. The van der Waals surface area contributed by atoms with Gasteiger partial charge in [-0.2, -0.15) is 0 Å². The van der Waals surface area contributed by atoms with Gasteiger partial charge in [0.25, 0.3) is 5.91 Å². The van der Waals surface area contributed by atoms with Crippen LogP contribution in [0.5, 0.6) is 0 Å². The standard InChI is InChI=1S/C25H37N3O2/c1-18-12-14-27(15-13-18)24(29)21-10-11-23(19(2)16-21)26-25(30)28(17-20-8-9-20)22-6-4-3-5-7-22/h10-11,16,18,20,22H,3-9,12-15,17H2,1-2H3,(H,26,30). The summed E-state index contributed by atoms with van der Waals surface area (Å²) >= 11 is 0. The van der Waals surface area contributed by atoms with E-state index in [1.807, 2.05) is 30.0 Å². The van der Waals surface area contributed by atoms with Crippen LogP contribution in [-0.2, 0) is 0 Å². The van der Waals surface area contributed by atoms with Gasteiger partial charge in [-0.15, -0.1) is 0 Å². The van der Waals surface area contributed by atoms with Crippen LogP contribution in [0.25, 0.3) is 0 Å². The fourth-order valence-corrected chi connectivity index (χ4v) is 4.89. The summed E-state index contributed by atoms with van der Waals surface area (Å²) in [5.41, 5.74) is 2.50. The second-order valence-corrected chi connectivity index (χ2v) is 9.82. The summed E-state index contributed by atoms with van der Waals surface area (Å²) in [6.07, 6.45) is 10.7. The minimum atomic E-state index is 0.0287. The normalized spacial score (nSPS) is 20.8. The molecule has 1 N–H and O–H groups in total. The fourth-order valence-electron chi connectivity index (χ4n) is 4.89. The first kappa shape index (κ1) is 21.2. The molecule has 0 aromatic heterocycles. The van der Waals surface area contributed by atoms with Crippen LogP contribution < -0.4 is 5.32 Å². The Bertz CT molecular complexity index is 760. The molecule has 3 fully saturated rings. The maximum atomic E-state index is 13.2. The van der Waals surface area contributed by atoms with Gasteiger partial charge in [-0.05, 0) is 81.0 Å². The van der Waals surface area contributed by atoms with Crippen molar-refractivity contribution in [1.82, 2.24) is 9.80 Å². The van der Waals surface area contributed by atoms with Crippen LogP contribution in [0.4, 0.5) is 10.5 Å². The van der Waals surface area contributed by atoms with Gasteiger partial charge in [0, 0.05) is 36.9 Å². The molecule has 3 aliphatic rings. The molecule has 1 aromatic rings. The van der Waals surface area contributed by atoms with Crippen molar-refractivity contribution in [3.8, 4) is 0 Å². The van der Waals surface area contributed by atoms with Gasteiger partial charge < -0.3 is 15.1 Å². The first-order valence-corrected chi connectivity index (χ1v) is 12.0. The van der Waals surface area contributed by atoms with E-state index in [4.69, 9.17) is 0 Å². The highest BCUT2D eigenvalue weighted by molar-refractivity contribution is 5.96. The highest BCUT2D eigenvalue weighted by Gasteiger charge is 2.32. The molecule has 2 saturated carbocycles. The SMILES string of the molecule is Cc1cc(C(=O)N2CCC(C)CC2)ccc1NC(=O)N(CC1CC1)C1CCCCC1. The average Bonchev–Trinajstić information content (AvgIpc) is 3.58. The van der Waals surface area contributed by atoms with Crippen LogP contribution in [0.3, 0.4) is 0 Å². The summed E-state index contributed by atoms with van der Waals surface area (Å²) < 4.78 is 0. The maximum Gasteiger partial charge on any atom is 0.322 e. The lowest BCUT2D eigenvalue weighted by atomic mass is 9.94. The number of hydrogen-bond acceptors (Lipinski definition) is 2. The van der Waals surface area contributed by atoms with Crippen molar-refractivity contribution in [3.05, 3.63) is 29.3 Å². The topological polar surface area (TPSA) is 52.7 Å². The van der Waals surface area contributed by atoms with Gasteiger partial charge in [-0.25, -0.2) is 4.79 Å². The summed E-state index contributed by atoms with van der Waals surface area (Å²) in [5, 5.41) is 3.15. The van der Waals surface area contributed by atoms with Gasteiger partial charge in [0.1, 0.15) is 0 Å². The van der Waals surface area contributed by atoms with Crippen LogP contribution >= 0.6 is 0 Å². The molecule has 1 saturated heterocycles. The minimum absolute atomic E-state index is 0.0287. The monoisotopic (exact) mass is 411 g/mol. The third-order valence-electron chi connectivity index (χ3n) is 7.21. The number of amides is 3. The molecule has 1 aliphatic heterocycles. The zero-order valence-corrected chi connectivity index (χ0v) is 18.7. The van der Waals surface area contributed by atoms with E-state index >= 15 is 0 Å². The number of urea groups is 1. The molecule has 0 spiro atoms. The molecule has 2 aliphatic carbocycles. The van der Waals surface area contributed by atoms with Gasteiger partial charge in [0.2, 0.25) is 0 Å². The number of carbonyl (C=O) groups is 2. The molecule has 0 bridgehead atoms. The quantitative estimate of drug-likeness (QED) is 0.701. The highest BCUT2D eigenvalue weighted by atomic mass is 16.2. The first-order valence-electron chi connectivity index (χ1n) is 12.0. The number of aryl methyl sites for hydroxylation is 1. The lowest BCUT2D eigenvalue weighted by Crippen LogP contribution is -2.45. The van der Waals surface area contributed by atoms with E-state index < -0.39 is 0 Å². The Morgan fingerprint density at radius 3 is 2.37 bits per heavy atom. The summed E-state index contributed by atoms with van der Waals surface area (Å²) in [6, 6.07) is 6.11. The zero-order chi connectivity index (χ0) is 21.1. The molecule has 5 heteroatoms. The van der Waals surface area contributed by atoms with E-state index in [0.29, 0.717) is 17.9 Å². The summed E-state index contributed by atoms with van der Waals surface area (Å²) in [4.78, 5) is 30.1. The Hall–Kier alpha value is -2.04. The van der Waals surface area contributed by atoms with Crippen molar-refractivity contribution in [2.45, 2.75) is 77.7 Å². The molecule has 0 atom stereocenters. The third-order valence-corrected chi connectivity index (χ3v) is 7.21. The Balaban J connectivity index is 1.41. The average molecular weight is 412 g/mol. The number of likely N-dealkylation sites (tertiary alicyclic amines) is 1. The van der Waals surface area contributed by atoms with E-state index in [1.165, 1.54) is 32.1 Å². The highest BCUT2D eigenvalue weighted by Crippen LogP contribution is 2.33. The zero-order valence-electron chi connectivity index (χ0n) is 18.7. The van der Waals surface area contributed by atoms with Gasteiger partial charge in [-0.1, -0.05) is 26.2 Å². The molecule has 0 radical (unpaired) electrons. The van der Waals surface area contributed by atoms with Crippen LogP contribution in [0.1, 0.15) is 80.6 Å². The predicted octanol–water partition coefficient (Wildman–Crippen LogP) is 5.44. The van der Waals surface area contributed by atoms with Crippen molar-refractivity contribution in [3.63, 3.8) is 0 Å². The molecule has 1 heterocycles. The second-order valence-electron chi connectivity index (χ2n) is 9.82. The maximum absolute atomic E-state index is 13.2. The van der Waals surface area contributed by atoms with E-state index in [0.717, 1.165) is 62.1 Å². The number of anilines is 1. The molecule has 5 nitrogen and oxygen atoms in total. The number of nitrogens with zero attached hydrogens (tertiary/aromatic N) is 2. The number of rotatable bonds is 5. The summed E-state index contributed by atoms with van der Waals surface area (Å²) in [7, 11) is 0. The number of hydrogen-bond donors (Lipinski definition) is 1. The van der Waals surface area contributed by atoms with Gasteiger partial charge >= 0.3 is 6.03 Å². The van der Waals surface area contributed by atoms with Crippen molar-refractivity contribution in [2.75, 3.05) is 25.0 Å². The van der Waals surface area contributed by atoms with E-state index in [1.54, 1.807) is 0 Å². The smallest absolute Gasteiger partial charge is 0.322 e. The number of benzene rings is 1. The Labute approximate surface area is 181 Å². The molecule has 1 aromatic carbocycles. The lowest BCUT2D eigenvalue weighted by molar-refractivity contribution is 0.0697. The molecule has 164 valence electrons. The predicted molar refractivity (Wildman–Crippen MR) is 121 cm³/mol. The molecular weight excluding hydrogens is 374 g/mol. The van der Waals surface area contributed by atoms with E-state index in [9.17, 15) is 9.59 Å². The Kier molecular flexibility index (Phi) is 6.64. The largest absolute Gasteiger partial charge is 0.339 e. The second kappa shape index (κ2) is 9.40. The van der Waals surface area contributed by atoms with Gasteiger partial charge in [0.15, 0.2) is 0 Å². The molecular formula is C25H37N3O2. The van der Waals surface area contributed by atoms with E-state index in [2.05, 4.69) is 17.1 Å². The van der Waals surface area contributed by atoms with Crippen molar-refractivity contribution >= 4 is 17.6 Å². The summed E-state index contributed by atoms with van der Waals surface area (Å²) in [5.74, 6) is 1.50. The van der Waals surface area contributed by atoms with Crippen molar-refractivity contribution in [2.24, 2.45) is 11.8 Å². The Morgan fingerprint density at radius 2 is 1.73 bits per heavy atom. The third kappa shape index (κ3) is 5.16. The number of carbonyl (C=O) groups excluding carboxylic acids is 2. The minimum Gasteiger partial charge on any atom is -0.339 e. The Morgan fingerprint density at radius 1 is 1.03 bits per heavy atom. The molecule has 30 heavy (non-hydrogen) atoms. The van der Waals surface area contributed by atoms with Crippen LogP contribution in [0.15, 0.2) is 18.2 Å².